The molecule has 3 aromatic rings. The smallest absolute Gasteiger partial charge is 0.258 e. The topological polar surface area (TPSA) is 95.0 Å². The number of carbonyl (C=O) groups excluding carboxylic acids is 4. The molecule has 0 radical (unpaired) electrons. The van der Waals surface area contributed by atoms with E-state index >= 15 is 8.78 Å². The number of fused-ring (bicyclic) bond motifs is 4. The summed E-state index contributed by atoms with van der Waals surface area (Å²) in [7, 11) is 0. The first-order valence-electron chi connectivity index (χ1n) is 14.9. The number of rotatable bonds is 3. The van der Waals surface area contributed by atoms with Gasteiger partial charge in [-0.2, -0.15) is 0 Å². The Morgan fingerprint density at radius 3 is 1.92 bits per heavy atom. The molecule has 7 rings (SSSR count). The molecular formula is C34H22Cl2F5IN2O5. The Hall–Kier alpha value is -3.56. The van der Waals surface area contributed by atoms with E-state index in [2.05, 4.69) is 22.6 Å². The minimum Gasteiger partial charge on any atom is -0.507 e. The number of nitrogens with zero attached hydrogens (tertiary/aromatic N) is 2. The van der Waals surface area contributed by atoms with Gasteiger partial charge in [0.25, 0.3) is 11.8 Å². The summed E-state index contributed by atoms with van der Waals surface area (Å²) in [5, 5.41) is 10.5. The molecule has 2 heterocycles. The molecule has 0 aromatic heterocycles. The van der Waals surface area contributed by atoms with Gasteiger partial charge in [0.05, 0.1) is 17.5 Å². The number of halogens is 8. The van der Waals surface area contributed by atoms with E-state index in [1.165, 1.54) is 12.1 Å². The summed E-state index contributed by atoms with van der Waals surface area (Å²) in [6.45, 7) is 3.10. The average molecular weight is 831 g/mol. The highest BCUT2D eigenvalue weighted by molar-refractivity contribution is 14.1. The number of imide groups is 2. The normalized spacial score (nSPS) is 29.3. The fourth-order valence-electron chi connectivity index (χ4n) is 7.94. The second-order valence-electron chi connectivity index (χ2n) is 12.7. The molecular weight excluding hydrogens is 809 g/mol. The average Bonchev–Trinajstić information content (AvgIpc) is 3.40. The van der Waals surface area contributed by atoms with Crippen LogP contribution in [0.25, 0.3) is 0 Å². The molecule has 0 bridgehead atoms. The van der Waals surface area contributed by atoms with Crippen molar-refractivity contribution in [3.8, 4) is 5.75 Å². The molecule has 7 nitrogen and oxygen atoms in total. The number of alkyl halides is 2. The number of carbonyl (C=O) groups is 4. The summed E-state index contributed by atoms with van der Waals surface area (Å²) in [4.78, 5) is 52.2. The third kappa shape index (κ3) is 4.36. The Bertz CT molecular complexity index is 2050. The van der Waals surface area contributed by atoms with E-state index in [0.717, 1.165) is 8.47 Å². The van der Waals surface area contributed by atoms with Gasteiger partial charge in [-0.1, -0.05) is 23.8 Å². The van der Waals surface area contributed by atoms with E-state index in [0.29, 0.717) is 22.4 Å². The quantitative estimate of drug-likeness (QED) is 0.0580. The van der Waals surface area contributed by atoms with Gasteiger partial charge in [-0.3, -0.25) is 24.1 Å². The number of benzene rings is 3. The summed E-state index contributed by atoms with van der Waals surface area (Å²) in [5.41, 5.74) is -0.365. The largest absolute Gasteiger partial charge is 0.507 e. The van der Waals surface area contributed by atoms with Crippen molar-refractivity contribution in [3.05, 3.63) is 97.4 Å². The van der Waals surface area contributed by atoms with Crippen molar-refractivity contribution >= 4 is 80.8 Å². The van der Waals surface area contributed by atoms with Gasteiger partial charge in [-0.05, 0) is 96.2 Å². The number of phenolic OH excluding ortho intramolecular Hbond substituents is 1. The van der Waals surface area contributed by atoms with Crippen LogP contribution in [-0.4, -0.2) is 38.5 Å². The van der Waals surface area contributed by atoms with Crippen molar-refractivity contribution < 1.29 is 46.2 Å². The maximum absolute atomic E-state index is 15.2. The Balaban J connectivity index is 1.45. The van der Waals surface area contributed by atoms with E-state index in [9.17, 15) is 37.5 Å². The minimum atomic E-state index is -2.64. The zero-order chi connectivity index (χ0) is 35.6. The molecule has 254 valence electrons. The van der Waals surface area contributed by atoms with E-state index in [1.807, 2.05) is 0 Å². The highest BCUT2D eigenvalue weighted by atomic mass is 127. The fourth-order valence-corrected chi connectivity index (χ4v) is 9.24. The lowest BCUT2D eigenvalue weighted by molar-refractivity contribution is -0.125. The second-order valence-corrected chi connectivity index (χ2v) is 15.2. The number of phenols is 1. The van der Waals surface area contributed by atoms with Crippen LogP contribution in [0.4, 0.5) is 33.3 Å². The van der Waals surface area contributed by atoms with Gasteiger partial charge >= 0.3 is 0 Å². The van der Waals surface area contributed by atoms with Crippen LogP contribution in [-0.2, 0) is 19.2 Å². The van der Waals surface area contributed by atoms with E-state index in [4.69, 9.17) is 23.2 Å². The first-order chi connectivity index (χ1) is 23.0. The summed E-state index contributed by atoms with van der Waals surface area (Å²) in [6, 6.07) is 9.54. The lowest BCUT2D eigenvalue weighted by Gasteiger charge is -2.50. The van der Waals surface area contributed by atoms with Crippen molar-refractivity contribution in [2.75, 3.05) is 9.80 Å². The molecule has 6 unspecified atom stereocenters. The SMILES string of the molecule is Cc1cc(C2C3=CCC4C(=O)N(c5ccc(I)cc5)C(=O)C4C3CC3(Cl)C(=O)N(c4c(F)c(F)c(F)c(F)c4F)C(=O)C23Cl)cc(C)c1O. The monoisotopic (exact) mass is 830 g/mol. The molecule has 49 heavy (non-hydrogen) atoms. The number of hydrogen-bond acceptors (Lipinski definition) is 5. The van der Waals surface area contributed by atoms with Crippen LogP contribution >= 0.6 is 45.8 Å². The first kappa shape index (κ1) is 33.9. The van der Waals surface area contributed by atoms with Crippen molar-refractivity contribution in [2.24, 2.45) is 17.8 Å². The number of aromatic hydroxyl groups is 1. The second kappa shape index (κ2) is 11.2. The molecule has 4 amide bonds. The molecule has 2 saturated heterocycles. The van der Waals surface area contributed by atoms with Gasteiger partial charge in [0.1, 0.15) is 11.4 Å². The molecule has 1 saturated carbocycles. The van der Waals surface area contributed by atoms with Crippen LogP contribution in [0.1, 0.15) is 35.4 Å². The van der Waals surface area contributed by atoms with Crippen molar-refractivity contribution in [2.45, 2.75) is 42.4 Å². The molecule has 4 aliphatic rings. The van der Waals surface area contributed by atoms with Gasteiger partial charge in [0.15, 0.2) is 33.0 Å². The van der Waals surface area contributed by atoms with Crippen molar-refractivity contribution in [3.63, 3.8) is 0 Å². The molecule has 0 spiro atoms. The number of hydrogen-bond donors (Lipinski definition) is 1. The predicted molar refractivity (Wildman–Crippen MR) is 176 cm³/mol. The summed E-state index contributed by atoms with van der Waals surface area (Å²) in [6.07, 6.45) is 1.03. The highest BCUT2D eigenvalue weighted by Gasteiger charge is 2.77. The Labute approximate surface area is 298 Å². The minimum absolute atomic E-state index is 0.0141. The first-order valence-corrected chi connectivity index (χ1v) is 16.7. The number of amides is 4. The molecule has 2 aliphatic carbocycles. The third-order valence-electron chi connectivity index (χ3n) is 10.2. The fraction of sp³-hybridized carbons (Fsp3) is 0.294. The molecule has 3 aromatic carbocycles. The van der Waals surface area contributed by atoms with Crippen LogP contribution in [0.15, 0.2) is 48.0 Å². The molecule has 2 aliphatic heterocycles. The Morgan fingerprint density at radius 1 is 0.796 bits per heavy atom. The van der Waals surface area contributed by atoms with Gasteiger partial charge in [-0.25, -0.2) is 26.9 Å². The lowest BCUT2D eigenvalue weighted by atomic mass is 9.56. The van der Waals surface area contributed by atoms with Crippen LogP contribution in [0.2, 0.25) is 0 Å². The van der Waals surface area contributed by atoms with Gasteiger partial charge in [-0.15, -0.1) is 23.2 Å². The summed E-state index contributed by atoms with van der Waals surface area (Å²) < 4.78 is 74.1. The van der Waals surface area contributed by atoms with E-state index in [-0.39, 0.29) is 22.6 Å². The van der Waals surface area contributed by atoms with Gasteiger partial charge < -0.3 is 5.11 Å². The molecule has 15 heteroatoms. The zero-order valence-electron chi connectivity index (χ0n) is 25.3. The Morgan fingerprint density at radius 2 is 1.35 bits per heavy atom. The maximum Gasteiger partial charge on any atom is 0.258 e. The highest BCUT2D eigenvalue weighted by Crippen LogP contribution is 2.66. The van der Waals surface area contributed by atoms with Crippen LogP contribution in [0.5, 0.6) is 5.75 Å². The Kier molecular flexibility index (Phi) is 7.77. The van der Waals surface area contributed by atoms with Crippen LogP contribution < -0.4 is 9.80 Å². The molecule has 3 fully saturated rings. The summed E-state index contributed by atoms with van der Waals surface area (Å²) >= 11 is 16.4. The van der Waals surface area contributed by atoms with Crippen molar-refractivity contribution in [1.82, 2.24) is 0 Å². The summed E-state index contributed by atoms with van der Waals surface area (Å²) in [5.74, 6) is -21.1. The predicted octanol–water partition coefficient (Wildman–Crippen LogP) is 7.08. The number of anilines is 2. The maximum atomic E-state index is 15.2. The zero-order valence-corrected chi connectivity index (χ0v) is 28.9. The van der Waals surface area contributed by atoms with Crippen LogP contribution in [0.3, 0.4) is 0 Å². The van der Waals surface area contributed by atoms with Crippen LogP contribution in [0, 0.1) is 64.3 Å². The standard InChI is InChI=1S/C34H22Cl2F5IN2O5/c1-12-9-14(10-13(2)28(12)45)21-17-7-8-18-20(30(47)43(29(18)46)16-5-3-15(42)4-6-16)19(17)11-33(35)31(48)44(32(49)34(21,33)36)27-25(40)23(38)22(37)24(39)26(27)41/h3-7,9-10,18-21,45H,8,11H2,1-2H3. The van der Waals surface area contributed by atoms with E-state index < -0.39 is 98.2 Å². The van der Waals surface area contributed by atoms with E-state index in [1.54, 1.807) is 44.2 Å². The third-order valence-corrected chi connectivity index (χ3v) is 12.3. The van der Waals surface area contributed by atoms with Gasteiger partial charge in [0, 0.05) is 9.49 Å². The number of aryl methyl sites for hydroxylation is 2. The number of allylic oxidation sites excluding steroid dienone is 2. The van der Waals surface area contributed by atoms with Crippen molar-refractivity contribution in [1.29, 1.82) is 0 Å². The molecule has 6 atom stereocenters. The molecule has 1 N–H and O–H groups in total. The lowest BCUT2D eigenvalue weighted by Crippen LogP contribution is -2.60. The van der Waals surface area contributed by atoms with Gasteiger partial charge in [0.2, 0.25) is 17.6 Å².